The van der Waals surface area contributed by atoms with Crippen molar-refractivity contribution in [1.29, 1.82) is 0 Å². The van der Waals surface area contributed by atoms with Crippen molar-refractivity contribution >= 4 is 22.4 Å². The Morgan fingerprint density at radius 2 is 1.86 bits per heavy atom. The normalized spacial score (nSPS) is 27.0. The van der Waals surface area contributed by atoms with Gasteiger partial charge in [0.05, 0.1) is 0 Å². The molecule has 0 radical (unpaired) electrons. The maximum absolute atomic E-state index is 13.0. The van der Waals surface area contributed by atoms with E-state index in [2.05, 4.69) is 16.0 Å². The zero-order chi connectivity index (χ0) is 15.1. The van der Waals surface area contributed by atoms with Crippen molar-refractivity contribution in [2.24, 2.45) is 0 Å². The zero-order valence-corrected chi connectivity index (χ0v) is 13.3. The Morgan fingerprint density at radius 3 is 2.59 bits per heavy atom. The van der Waals surface area contributed by atoms with Crippen LogP contribution in [0.3, 0.4) is 0 Å². The van der Waals surface area contributed by atoms with Gasteiger partial charge in [0.2, 0.25) is 0 Å². The molecule has 0 unspecified atom stereocenters. The first-order valence-corrected chi connectivity index (χ1v) is 8.50. The number of aromatic nitrogens is 1. The smallest absolute Gasteiger partial charge is 0.125 e. The third-order valence-corrected chi connectivity index (χ3v) is 5.60. The van der Waals surface area contributed by atoms with Gasteiger partial charge in [-0.3, -0.25) is 9.88 Å². The lowest BCUT2D eigenvalue weighted by molar-refractivity contribution is 0.0120. The number of halogens is 2. The van der Waals surface area contributed by atoms with Gasteiger partial charge in [0.15, 0.2) is 0 Å². The molecule has 1 aromatic carbocycles. The van der Waals surface area contributed by atoms with Gasteiger partial charge < -0.3 is 0 Å². The number of hydrogen-bond donors (Lipinski definition) is 0. The molecular weight excluding hydrogens is 299 g/mol. The average Bonchev–Trinajstić information content (AvgIpc) is 2.51. The van der Waals surface area contributed by atoms with Gasteiger partial charge in [0, 0.05) is 41.9 Å². The van der Waals surface area contributed by atoms with Gasteiger partial charge in [-0.15, -0.1) is 0 Å². The number of alkyl halides is 1. The molecule has 0 atom stereocenters. The van der Waals surface area contributed by atoms with Gasteiger partial charge in [0.1, 0.15) is 6.17 Å². The molecule has 2 aliphatic rings. The highest BCUT2D eigenvalue weighted by Crippen LogP contribution is 2.40. The molecule has 2 nitrogen and oxygen atoms in total. The lowest BCUT2D eigenvalue weighted by Gasteiger charge is -2.43. The molecule has 2 fully saturated rings. The first kappa shape index (κ1) is 14.4. The van der Waals surface area contributed by atoms with Crippen LogP contribution in [0.15, 0.2) is 30.6 Å². The molecule has 22 heavy (non-hydrogen) atoms. The van der Waals surface area contributed by atoms with E-state index in [4.69, 9.17) is 11.6 Å². The van der Waals surface area contributed by atoms with Gasteiger partial charge in [-0.2, -0.15) is 0 Å². The molecule has 0 amide bonds. The van der Waals surface area contributed by atoms with Gasteiger partial charge in [-0.25, -0.2) is 4.39 Å². The maximum atomic E-state index is 13.0. The minimum atomic E-state index is -0.596. The van der Waals surface area contributed by atoms with Crippen molar-refractivity contribution in [3.63, 3.8) is 0 Å². The van der Waals surface area contributed by atoms with Crippen molar-refractivity contribution in [2.45, 2.75) is 43.8 Å². The van der Waals surface area contributed by atoms with Crippen molar-refractivity contribution in [1.82, 2.24) is 9.88 Å². The third-order valence-electron chi connectivity index (χ3n) is 5.27. The lowest BCUT2D eigenvalue weighted by atomic mass is 9.80. The van der Waals surface area contributed by atoms with Crippen molar-refractivity contribution in [3.05, 3.63) is 41.2 Å². The fraction of sp³-hybridized carbons (Fsp3) is 0.500. The summed E-state index contributed by atoms with van der Waals surface area (Å²) in [6.45, 7) is 1.28. The Bertz CT molecular complexity index is 676. The second kappa shape index (κ2) is 5.78. The van der Waals surface area contributed by atoms with Crippen molar-refractivity contribution < 1.29 is 4.39 Å². The molecule has 4 heteroatoms. The van der Waals surface area contributed by atoms with E-state index in [-0.39, 0.29) is 0 Å². The van der Waals surface area contributed by atoms with Crippen LogP contribution in [0.25, 0.3) is 10.8 Å². The largest absolute Gasteiger partial charge is 0.295 e. The second-order valence-electron chi connectivity index (χ2n) is 6.65. The van der Waals surface area contributed by atoms with E-state index in [1.165, 1.54) is 10.9 Å². The number of rotatable bonds is 2. The Morgan fingerprint density at radius 1 is 1.09 bits per heavy atom. The lowest BCUT2D eigenvalue weighted by Crippen LogP contribution is -2.54. The molecule has 2 aromatic rings. The highest BCUT2D eigenvalue weighted by Gasteiger charge is 2.35. The van der Waals surface area contributed by atoms with Crippen LogP contribution in [0.4, 0.5) is 4.39 Å². The van der Waals surface area contributed by atoms with Crippen molar-refractivity contribution in [2.75, 3.05) is 13.1 Å². The summed E-state index contributed by atoms with van der Waals surface area (Å²) < 4.78 is 13.0. The third kappa shape index (κ3) is 2.61. The average molecular weight is 319 g/mol. The molecule has 116 valence electrons. The molecule has 4 rings (SSSR count). The van der Waals surface area contributed by atoms with Crippen LogP contribution in [0.1, 0.15) is 37.2 Å². The van der Waals surface area contributed by atoms with E-state index in [1.54, 1.807) is 0 Å². The number of benzene rings is 1. The van der Waals surface area contributed by atoms with Crippen LogP contribution in [0.5, 0.6) is 0 Å². The molecule has 1 aliphatic carbocycles. The van der Waals surface area contributed by atoms with Gasteiger partial charge >= 0.3 is 0 Å². The van der Waals surface area contributed by atoms with Gasteiger partial charge in [-0.05, 0) is 60.7 Å². The van der Waals surface area contributed by atoms with E-state index >= 15 is 0 Å². The van der Waals surface area contributed by atoms with Gasteiger partial charge in [-0.1, -0.05) is 11.6 Å². The summed E-state index contributed by atoms with van der Waals surface area (Å²) >= 11 is 6.51. The minimum absolute atomic E-state index is 0.531. The monoisotopic (exact) mass is 318 g/mol. The predicted molar refractivity (Wildman–Crippen MR) is 88.2 cm³/mol. The number of hydrogen-bond acceptors (Lipinski definition) is 2. The van der Waals surface area contributed by atoms with Crippen LogP contribution in [-0.2, 0) is 0 Å². The molecule has 1 saturated carbocycles. The highest BCUT2D eigenvalue weighted by atomic mass is 35.5. The number of nitrogens with zero attached hydrogens (tertiary/aromatic N) is 2. The summed E-state index contributed by atoms with van der Waals surface area (Å²) in [7, 11) is 0. The Kier molecular flexibility index (Phi) is 3.79. The summed E-state index contributed by atoms with van der Waals surface area (Å²) in [5.74, 6) is 0.531. The Hall–Kier alpha value is -1.19. The molecule has 2 heterocycles. The molecule has 0 N–H and O–H groups in total. The maximum Gasteiger partial charge on any atom is 0.125 e. The van der Waals surface area contributed by atoms with E-state index in [0.29, 0.717) is 25.0 Å². The standard InChI is InChI=1S/C18H20ClFN2/c19-18-8-14-9-21-6-5-13(14)7-17(18)12-1-3-16(4-2-12)22-10-15(20)11-22/h5-9,12,15-16H,1-4,10-11H2. The molecule has 0 spiro atoms. The number of likely N-dealkylation sites (tertiary alicyclic amines) is 1. The minimum Gasteiger partial charge on any atom is -0.295 e. The van der Waals surface area contributed by atoms with Crippen LogP contribution in [-0.4, -0.2) is 35.2 Å². The number of pyridine rings is 1. The van der Waals surface area contributed by atoms with E-state index in [9.17, 15) is 4.39 Å². The Balaban J connectivity index is 1.50. The molecule has 1 aromatic heterocycles. The summed E-state index contributed by atoms with van der Waals surface area (Å²) in [6, 6.07) is 6.88. The van der Waals surface area contributed by atoms with Crippen LogP contribution < -0.4 is 0 Å². The fourth-order valence-electron chi connectivity index (χ4n) is 3.94. The summed E-state index contributed by atoms with van der Waals surface area (Å²) in [4.78, 5) is 6.45. The second-order valence-corrected chi connectivity index (χ2v) is 7.06. The number of fused-ring (bicyclic) bond motifs is 1. The predicted octanol–water partition coefficient (Wildman–Crippen LogP) is 4.57. The van der Waals surface area contributed by atoms with Crippen molar-refractivity contribution in [3.8, 4) is 0 Å². The van der Waals surface area contributed by atoms with E-state index < -0.39 is 6.17 Å². The van der Waals surface area contributed by atoms with E-state index in [0.717, 1.165) is 36.1 Å². The first-order chi connectivity index (χ1) is 10.7. The quantitative estimate of drug-likeness (QED) is 0.806. The summed E-state index contributed by atoms with van der Waals surface area (Å²) in [6.07, 6.45) is 7.70. The molecule has 1 saturated heterocycles. The zero-order valence-electron chi connectivity index (χ0n) is 12.5. The summed E-state index contributed by atoms with van der Waals surface area (Å²) in [5.41, 5.74) is 1.27. The van der Waals surface area contributed by atoms with Crippen LogP contribution in [0, 0.1) is 0 Å². The highest BCUT2D eigenvalue weighted by molar-refractivity contribution is 6.32. The van der Waals surface area contributed by atoms with Crippen LogP contribution >= 0.6 is 11.6 Å². The topological polar surface area (TPSA) is 16.1 Å². The summed E-state index contributed by atoms with van der Waals surface area (Å²) in [5, 5.41) is 3.16. The molecule has 0 bridgehead atoms. The van der Waals surface area contributed by atoms with Crippen LogP contribution in [0.2, 0.25) is 5.02 Å². The molecular formula is C18H20ClFN2. The molecule has 1 aliphatic heterocycles. The fourth-order valence-corrected chi connectivity index (χ4v) is 4.27. The Labute approximate surface area is 135 Å². The van der Waals surface area contributed by atoms with Gasteiger partial charge in [0.25, 0.3) is 0 Å². The SMILES string of the molecule is FC1CN(C2CCC(c3cc4ccncc4cc3Cl)CC2)C1. The van der Waals surface area contributed by atoms with E-state index in [1.807, 2.05) is 24.5 Å². The first-order valence-electron chi connectivity index (χ1n) is 8.12.